The molecule has 0 amide bonds. The van der Waals surface area contributed by atoms with Crippen molar-refractivity contribution in [1.29, 1.82) is 0 Å². The molecule has 0 aliphatic carbocycles. The largest absolute Gasteiger partial charge is 0.313 e. The lowest BCUT2D eigenvalue weighted by Crippen LogP contribution is -2.01. The molecule has 3 aromatic heterocycles. The number of aromatic nitrogens is 4. The summed E-state index contributed by atoms with van der Waals surface area (Å²) < 4.78 is 2.31. The van der Waals surface area contributed by atoms with Crippen LogP contribution in [0.3, 0.4) is 0 Å². The van der Waals surface area contributed by atoms with Crippen molar-refractivity contribution in [2.45, 2.75) is 19.8 Å². The number of benzene rings is 1. The van der Waals surface area contributed by atoms with E-state index < -0.39 is 0 Å². The van der Waals surface area contributed by atoms with Crippen molar-refractivity contribution in [2.75, 3.05) is 0 Å². The van der Waals surface area contributed by atoms with Gasteiger partial charge in [0.15, 0.2) is 0 Å². The SMILES string of the molecule is CC(C)c1cc2cc3[nH]ncc3cc2n1-c1ccncc1. The zero-order valence-electron chi connectivity index (χ0n) is 12.0. The highest BCUT2D eigenvalue weighted by Gasteiger charge is 2.14. The van der Waals surface area contributed by atoms with Crippen LogP contribution in [0.4, 0.5) is 0 Å². The van der Waals surface area contributed by atoms with Gasteiger partial charge in [0.2, 0.25) is 0 Å². The average Bonchev–Trinajstić information content (AvgIpc) is 3.08. The van der Waals surface area contributed by atoms with Crippen LogP contribution in [0.5, 0.6) is 0 Å². The van der Waals surface area contributed by atoms with Crippen LogP contribution in [0.25, 0.3) is 27.5 Å². The smallest absolute Gasteiger partial charge is 0.0657 e. The number of aromatic amines is 1. The van der Waals surface area contributed by atoms with Gasteiger partial charge in [-0.25, -0.2) is 0 Å². The minimum absolute atomic E-state index is 0.446. The fraction of sp³-hybridized carbons (Fsp3) is 0.176. The predicted octanol–water partition coefficient (Wildman–Crippen LogP) is 4.03. The molecule has 0 bridgehead atoms. The van der Waals surface area contributed by atoms with Crippen LogP contribution >= 0.6 is 0 Å². The van der Waals surface area contributed by atoms with Crippen LogP contribution in [0.1, 0.15) is 25.5 Å². The van der Waals surface area contributed by atoms with Gasteiger partial charge in [0.25, 0.3) is 0 Å². The van der Waals surface area contributed by atoms with Gasteiger partial charge in [-0.3, -0.25) is 10.1 Å². The van der Waals surface area contributed by atoms with Crippen molar-refractivity contribution >= 4 is 21.8 Å². The van der Waals surface area contributed by atoms with E-state index in [1.165, 1.54) is 16.6 Å². The Bertz CT molecular complexity index is 916. The number of pyridine rings is 1. The topological polar surface area (TPSA) is 46.5 Å². The van der Waals surface area contributed by atoms with E-state index >= 15 is 0 Å². The number of fused-ring (bicyclic) bond motifs is 2. The summed E-state index contributed by atoms with van der Waals surface area (Å²) in [4.78, 5) is 4.12. The van der Waals surface area contributed by atoms with Gasteiger partial charge in [0.05, 0.1) is 17.2 Å². The lowest BCUT2D eigenvalue weighted by atomic mass is 10.1. The third kappa shape index (κ3) is 1.83. The van der Waals surface area contributed by atoms with Crippen molar-refractivity contribution in [1.82, 2.24) is 19.7 Å². The minimum Gasteiger partial charge on any atom is -0.313 e. The molecule has 0 radical (unpaired) electrons. The minimum atomic E-state index is 0.446. The van der Waals surface area contributed by atoms with Crippen LogP contribution in [0.2, 0.25) is 0 Å². The molecule has 0 saturated carbocycles. The first kappa shape index (κ1) is 12.1. The summed E-state index contributed by atoms with van der Waals surface area (Å²) in [6, 6.07) is 10.7. The van der Waals surface area contributed by atoms with Crippen molar-refractivity contribution < 1.29 is 0 Å². The lowest BCUT2D eigenvalue weighted by Gasteiger charge is -2.13. The van der Waals surface area contributed by atoms with E-state index in [0.717, 1.165) is 16.6 Å². The third-order valence-corrected chi connectivity index (χ3v) is 3.90. The van der Waals surface area contributed by atoms with Gasteiger partial charge in [0.1, 0.15) is 0 Å². The van der Waals surface area contributed by atoms with E-state index in [1.54, 1.807) is 0 Å². The zero-order valence-corrected chi connectivity index (χ0v) is 12.0. The summed E-state index contributed by atoms with van der Waals surface area (Å²) in [7, 11) is 0. The number of nitrogens with zero attached hydrogens (tertiary/aromatic N) is 3. The number of hydrogen-bond acceptors (Lipinski definition) is 2. The zero-order chi connectivity index (χ0) is 14.4. The van der Waals surface area contributed by atoms with Gasteiger partial charge in [0, 0.05) is 34.5 Å². The lowest BCUT2D eigenvalue weighted by molar-refractivity contribution is 0.795. The molecule has 1 aromatic carbocycles. The summed E-state index contributed by atoms with van der Waals surface area (Å²) in [5.74, 6) is 0.446. The molecule has 4 aromatic rings. The van der Waals surface area contributed by atoms with Gasteiger partial charge < -0.3 is 4.57 Å². The normalized spacial score (nSPS) is 11.8. The Balaban J connectivity index is 2.11. The quantitative estimate of drug-likeness (QED) is 0.601. The van der Waals surface area contributed by atoms with Crippen LogP contribution in [-0.2, 0) is 0 Å². The van der Waals surface area contributed by atoms with Crippen LogP contribution in [-0.4, -0.2) is 19.7 Å². The summed E-state index contributed by atoms with van der Waals surface area (Å²) >= 11 is 0. The van der Waals surface area contributed by atoms with Crippen LogP contribution in [0, 0.1) is 0 Å². The van der Waals surface area contributed by atoms with Crippen LogP contribution < -0.4 is 0 Å². The molecule has 3 heterocycles. The number of rotatable bonds is 2. The molecule has 104 valence electrons. The molecular weight excluding hydrogens is 260 g/mol. The number of nitrogens with one attached hydrogen (secondary N) is 1. The molecule has 0 saturated heterocycles. The highest BCUT2D eigenvalue weighted by molar-refractivity contribution is 5.96. The van der Waals surface area contributed by atoms with Crippen molar-refractivity contribution in [3.05, 3.63) is 54.6 Å². The molecule has 0 atom stereocenters. The second-order valence-electron chi connectivity index (χ2n) is 5.63. The van der Waals surface area contributed by atoms with Crippen molar-refractivity contribution in [3.8, 4) is 5.69 Å². The summed E-state index contributed by atoms with van der Waals surface area (Å²) in [6.07, 6.45) is 5.54. The highest BCUT2D eigenvalue weighted by Crippen LogP contribution is 2.31. The van der Waals surface area contributed by atoms with Crippen LogP contribution in [0.15, 0.2) is 48.9 Å². The molecule has 21 heavy (non-hydrogen) atoms. The van der Waals surface area contributed by atoms with Gasteiger partial charge in [-0.05, 0) is 36.2 Å². The average molecular weight is 276 g/mol. The fourth-order valence-corrected chi connectivity index (χ4v) is 2.87. The molecule has 0 aliphatic heterocycles. The second kappa shape index (κ2) is 4.45. The van der Waals surface area contributed by atoms with Crippen molar-refractivity contribution in [2.24, 2.45) is 0 Å². The van der Waals surface area contributed by atoms with E-state index in [0.29, 0.717) is 5.92 Å². The molecule has 0 fully saturated rings. The summed E-state index contributed by atoms with van der Waals surface area (Å²) in [6.45, 7) is 4.44. The summed E-state index contributed by atoms with van der Waals surface area (Å²) in [5, 5.41) is 9.52. The maximum Gasteiger partial charge on any atom is 0.0657 e. The third-order valence-electron chi connectivity index (χ3n) is 3.90. The van der Waals surface area contributed by atoms with E-state index in [1.807, 2.05) is 30.7 Å². The van der Waals surface area contributed by atoms with E-state index in [4.69, 9.17) is 0 Å². The van der Waals surface area contributed by atoms with Crippen molar-refractivity contribution in [3.63, 3.8) is 0 Å². The Hall–Kier alpha value is -2.62. The Morgan fingerprint density at radius 2 is 1.86 bits per heavy atom. The Kier molecular flexibility index (Phi) is 2.57. The molecule has 0 aliphatic rings. The summed E-state index contributed by atoms with van der Waals surface area (Å²) in [5.41, 5.74) is 4.73. The second-order valence-corrected chi connectivity index (χ2v) is 5.63. The molecule has 4 heteroatoms. The fourth-order valence-electron chi connectivity index (χ4n) is 2.87. The standard InChI is InChI=1S/C17H16N4/c1-11(2)16-8-12-7-15-13(10-19-20-15)9-17(12)21(16)14-3-5-18-6-4-14/h3-11H,1-2H3,(H,19,20). The van der Waals surface area contributed by atoms with E-state index in [2.05, 4.69) is 51.8 Å². The first-order valence-corrected chi connectivity index (χ1v) is 7.13. The highest BCUT2D eigenvalue weighted by atomic mass is 15.1. The molecule has 0 unspecified atom stereocenters. The van der Waals surface area contributed by atoms with E-state index in [9.17, 15) is 0 Å². The Morgan fingerprint density at radius 3 is 2.62 bits per heavy atom. The van der Waals surface area contributed by atoms with Gasteiger partial charge in [-0.2, -0.15) is 5.10 Å². The van der Waals surface area contributed by atoms with E-state index in [-0.39, 0.29) is 0 Å². The number of hydrogen-bond donors (Lipinski definition) is 1. The first-order chi connectivity index (χ1) is 10.2. The molecule has 1 N–H and O–H groups in total. The Labute approximate surface area is 122 Å². The van der Waals surface area contributed by atoms with Gasteiger partial charge in [-0.1, -0.05) is 13.8 Å². The number of H-pyrrole nitrogens is 1. The molecule has 4 rings (SSSR count). The molecular formula is C17H16N4. The first-order valence-electron chi connectivity index (χ1n) is 7.13. The Morgan fingerprint density at radius 1 is 1.05 bits per heavy atom. The monoisotopic (exact) mass is 276 g/mol. The van der Waals surface area contributed by atoms with Gasteiger partial charge >= 0.3 is 0 Å². The van der Waals surface area contributed by atoms with Gasteiger partial charge in [-0.15, -0.1) is 0 Å². The molecule has 0 spiro atoms. The maximum absolute atomic E-state index is 4.12. The predicted molar refractivity (Wildman–Crippen MR) is 84.8 cm³/mol. The molecule has 4 nitrogen and oxygen atoms in total. The maximum atomic E-state index is 4.12.